The molecule has 389 valence electrons. The number of carbonyl (C=O) groups excluding carboxylic acids is 2. The van der Waals surface area contributed by atoms with Gasteiger partial charge in [0.25, 0.3) is 0 Å². The summed E-state index contributed by atoms with van der Waals surface area (Å²) in [4.78, 5) is 51.0. The fourth-order valence-corrected chi connectivity index (χ4v) is 7.98. The normalized spacial score (nSPS) is 12.8. The van der Waals surface area contributed by atoms with E-state index in [-0.39, 0.29) is 39.7 Å². The van der Waals surface area contributed by atoms with Crippen LogP contribution in [0.1, 0.15) is 252 Å². The van der Waals surface area contributed by atoms with Gasteiger partial charge in [-0.1, -0.05) is 166 Å². The zero-order chi connectivity index (χ0) is 54.6. The molecule has 0 saturated heterocycles. The van der Waals surface area contributed by atoms with Crippen LogP contribution >= 0.6 is 0 Å². The van der Waals surface area contributed by atoms with Gasteiger partial charge in [0.1, 0.15) is 11.5 Å². The molecule has 0 amide bonds. The van der Waals surface area contributed by atoms with Crippen LogP contribution in [0.3, 0.4) is 0 Å². The van der Waals surface area contributed by atoms with Crippen molar-refractivity contribution in [2.45, 2.75) is 209 Å². The van der Waals surface area contributed by atoms with Gasteiger partial charge >= 0.3 is 40.9 Å². The molecule has 0 aromatic heterocycles. The molecule has 4 aromatic carbocycles. The summed E-state index contributed by atoms with van der Waals surface area (Å²) < 4.78 is 12.2. The van der Waals surface area contributed by atoms with Crippen molar-refractivity contribution in [3.63, 3.8) is 0 Å². The van der Waals surface area contributed by atoms with Crippen molar-refractivity contribution in [3.8, 4) is 23.0 Å². The quantitative estimate of drug-likeness (QED) is 0.107. The van der Waals surface area contributed by atoms with E-state index in [4.69, 9.17) is 9.47 Å². The number of aromatic carboxylic acids is 2. The van der Waals surface area contributed by atoms with Crippen LogP contribution in [-0.4, -0.2) is 34.1 Å². The van der Waals surface area contributed by atoms with Crippen LogP contribution in [0.2, 0.25) is 0 Å². The van der Waals surface area contributed by atoms with Gasteiger partial charge in [0, 0.05) is 22.3 Å². The summed E-state index contributed by atoms with van der Waals surface area (Å²) in [5.74, 6) is -2.57. The minimum Gasteiger partial charge on any atom is -0.872 e. The molecule has 0 spiro atoms. The Bertz CT molecular complexity index is 2340. The largest absolute Gasteiger partial charge is 2.00 e. The molecule has 0 heterocycles. The van der Waals surface area contributed by atoms with Crippen molar-refractivity contribution in [2.75, 3.05) is 0 Å². The van der Waals surface area contributed by atoms with E-state index in [1.54, 1.807) is 48.5 Å². The predicted molar refractivity (Wildman–Crippen MR) is 278 cm³/mol. The Morgan fingerprint density at radius 2 is 0.479 bits per heavy atom. The molecule has 0 atom stereocenters. The maximum atomic E-state index is 13.6. The zero-order valence-corrected chi connectivity index (χ0v) is 48.3. The maximum absolute atomic E-state index is 13.6. The third-order valence-corrected chi connectivity index (χ3v) is 12.2. The first-order chi connectivity index (χ1) is 31.1. The summed E-state index contributed by atoms with van der Waals surface area (Å²) in [7, 11) is 0. The standard InChI is InChI=1S/2C30H42O5.Mn/c2*1-27(2,3)19-15-18(16-20(23(19)31)28(4,5)6)26(34)35-24-21(29(7,8)9)13-17(25(32)33)14-22(24)30(10,11)12;/h2*13-16,31H,1-12H3,(H,32,33);/q;;+2/p-2. The Labute approximate surface area is 435 Å². The van der Waals surface area contributed by atoms with Gasteiger partial charge in [-0.15, -0.1) is 11.5 Å². The van der Waals surface area contributed by atoms with E-state index in [0.717, 1.165) is 0 Å². The van der Waals surface area contributed by atoms with Gasteiger partial charge in [0.2, 0.25) is 0 Å². The first-order valence-electron chi connectivity index (χ1n) is 24.1. The summed E-state index contributed by atoms with van der Waals surface area (Å²) >= 11 is 0. The molecular weight excluding hydrogens is 936 g/mol. The van der Waals surface area contributed by atoms with Gasteiger partial charge in [-0.05, 0) is 114 Å². The molecule has 71 heavy (non-hydrogen) atoms. The molecule has 0 aliphatic rings. The van der Waals surface area contributed by atoms with Crippen molar-refractivity contribution in [2.24, 2.45) is 0 Å². The Kier molecular flexibility index (Phi) is 18.1. The second-order valence-corrected chi connectivity index (χ2v) is 27.0. The average Bonchev–Trinajstić information content (AvgIpc) is 3.14. The van der Waals surface area contributed by atoms with Crippen LogP contribution in [-0.2, 0) is 60.4 Å². The molecule has 10 nitrogen and oxygen atoms in total. The van der Waals surface area contributed by atoms with Gasteiger partial charge in [-0.3, -0.25) is 0 Å². The van der Waals surface area contributed by atoms with Crippen molar-refractivity contribution < 1.29 is 66.1 Å². The number of rotatable bonds is 6. The first-order valence-corrected chi connectivity index (χ1v) is 24.1. The molecule has 0 aliphatic heterocycles. The zero-order valence-electron chi connectivity index (χ0n) is 47.2. The molecule has 4 aromatic rings. The maximum Gasteiger partial charge on any atom is 2.00 e. The summed E-state index contributed by atoms with van der Waals surface area (Å²) in [6, 6.07) is 12.9. The van der Waals surface area contributed by atoms with Gasteiger partial charge in [-0.25, -0.2) is 19.2 Å². The van der Waals surface area contributed by atoms with Crippen LogP contribution in [0, 0.1) is 0 Å². The van der Waals surface area contributed by atoms with E-state index in [0.29, 0.717) is 67.1 Å². The topological polar surface area (TPSA) is 173 Å². The number of carboxylic acid groups (broad SMARTS) is 2. The van der Waals surface area contributed by atoms with Crippen LogP contribution in [0.5, 0.6) is 23.0 Å². The van der Waals surface area contributed by atoms with Crippen molar-refractivity contribution in [1.29, 1.82) is 0 Å². The fourth-order valence-electron chi connectivity index (χ4n) is 7.98. The van der Waals surface area contributed by atoms with Crippen LogP contribution in [0.15, 0.2) is 48.5 Å². The monoisotopic (exact) mass is 1020 g/mol. The van der Waals surface area contributed by atoms with Crippen molar-refractivity contribution in [1.82, 2.24) is 0 Å². The Morgan fingerprint density at radius 1 is 0.324 bits per heavy atom. The van der Waals surface area contributed by atoms with E-state index in [9.17, 15) is 39.6 Å². The Morgan fingerprint density at radius 3 is 0.620 bits per heavy atom. The molecule has 0 saturated carbocycles. The molecule has 1 radical (unpaired) electrons. The van der Waals surface area contributed by atoms with E-state index in [1.807, 2.05) is 166 Å². The number of carbonyl (C=O) groups is 4. The first kappa shape index (κ1) is 62.0. The number of hydrogen-bond donors (Lipinski definition) is 2. The van der Waals surface area contributed by atoms with Crippen LogP contribution < -0.4 is 19.7 Å². The van der Waals surface area contributed by atoms with Gasteiger partial charge in [-0.2, -0.15) is 0 Å². The number of hydrogen-bond acceptors (Lipinski definition) is 8. The molecule has 0 aliphatic carbocycles. The minimum atomic E-state index is -1.03. The molecule has 4 rings (SSSR count). The summed E-state index contributed by atoms with van der Waals surface area (Å²) in [6.45, 7) is 46.9. The third-order valence-electron chi connectivity index (χ3n) is 12.2. The van der Waals surface area contributed by atoms with Crippen molar-refractivity contribution in [3.05, 3.63) is 115 Å². The molecule has 0 bridgehead atoms. The molecular formula is C60H82MnO10. The van der Waals surface area contributed by atoms with E-state index < -0.39 is 67.2 Å². The smallest absolute Gasteiger partial charge is 0.872 e. The third kappa shape index (κ3) is 15.0. The number of ether oxygens (including phenoxy) is 2. The molecule has 11 heteroatoms. The number of carboxylic acids is 2. The SMILES string of the molecule is CC(C)(C)c1cc(C(=O)Oc2c(C(C)(C)C)cc(C(=O)O)cc2C(C)(C)C)cc(C(C)(C)C)c1[O-].CC(C)(C)c1cc(C(=O)Oc2c(C(C)(C)C)cc(C(=O)O)cc2C(C)(C)C)cc(C(C)(C)C)c1[O-].[Mn+2]. The van der Waals surface area contributed by atoms with Gasteiger partial charge in [0.15, 0.2) is 0 Å². The van der Waals surface area contributed by atoms with E-state index in [2.05, 4.69) is 0 Å². The van der Waals surface area contributed by atoms with Crippen molar-refractivity contribution >= 4 is 23.9 Å². The fraction of sp³-hybridized carbons (Fsp3) is 0.533. The second kappa shape index (κ2) is 20.8. The summed E-state index contributed by atoms with van der Waals surface area (Å²) in [5, 5.41) is 46.0. The molecule has 0 fully saturated rings. The molecule has 2 N–H and O–H groups in total. The van der Waals surface area contributed by atoms with Gasteiger partial charge in [0.05, 0.1) is 22.3 Å². The predicted octanol–water partition coefficient (Wildman–Crippen LogP) is 13.7. The number of esters is 2. The summed E-state index contributed by atoms with van der Waals surface area (Å²) in [5.41, 5.74) is 1.99. The average molecular weight is 1020 g/mol. The summed E-state index contributed by atoms with van der Waals surface area (Å²) in [6.07, 6.45) is 0. The van der Waals surface area contributed by atoms with Gasteiger partial charge < -0.3 is 29.9 Å². The van der Waals surface area contributed by atoms with Crippen LogP contribution in [0.25, 0.3) is 0 Å². The molecule has 0 unspecified atom stereocenters. The van der Waals surface area contributed by atoms with E-state index >= 15 is 0 Å². The second-order valence-electron chi connectivity index (χ2n) is 27.0. The number of benzene rings is 4. The Balaban J connectivity index is 0.000000480. The Hall–Kier alpha value is -5.12. The van der Waals surface area contributed by atoms with E-state index in [1.165, 1.54) is 0 Å². The minimum absolute atomic E-state index is 0. The van der Waals surface area contributed by atoms with Crippen LogP contribution in [0.4, 0.5) is 0 Å².